The maximum Gasteiger partial charge on any atom is 0.0865 e. The van der Waals surface area contributed by atoms with Gasteiger partial charge in [0.2, 0.25) is 0 Å². The number of hydrogen-bond donors (Lipinski definition) is 1. The van der Waals surface area contributed by atoms with Gasteiger partial charge in [-0.05, 0) is 6.92 Å². The van der Waals surface area contributed by atoms with Gasteiger partial charge in [0.05, 0.1) is 18.2 Å². The molecule has 0 aromatic carbocycles. The molecule has 1 saturated heterocycles. The first-order valence-corrected chi connectivity index (χ1v) is 3.80. The summed E-state index contributed by atoms with van der Waals surface area (Å²) in [5.74, 6) is 0. The quantitative estimate of drug-likeness (QED) is 0.553. The Morgan fingerprint density at radius 2 is 2.10 bits per heavy atom. The summed E-state index contributed by atoms with van der Waals surface area (Å²) in [6, 6.07) is 0. The Hall–Kier alpha value is -0.190. The average molecular weight is 160 g/mol. The average Bonchev–Trinajstić information content (AvgIpc) is 1.88. The standard InChI is InChI=1S/C6H12N2OS/c1-6(10)7-8-2-4-9-5-3-8/h2-5H2,1H3,(H,7,10). The predicted octanol–water partition coefficient (Wildman–Crippen LogP) is 0.170. The van der Waals surface area contributed by atoms with Crippen molar-refractivity contribution in [3.8, 4) is 0 Å². The SMILES string of the molecule is CC(=S)NN1CCOCC1. The first kappa shape index (κ1) is 7.91. The number of rotatable bonds is 1. The summed E-state index contributed by atoms with van der Waals surface area (Å²) in [7, 11) is 0. The lowest BCUT2D eigenvalue weighted by molar-refractivity contribution is 0.0251. The van der Waals surface area contributed by atoms with Crippen LogP contribution in [0.4, 0.5) is 0 Å². The molecule has 0 aromatic heterocycles. The lowest BCUT2D eigenvalue weighted by Gasteiger charge is -2.27. The molecule has 1 aliphatic rings. The molecule has 0 radical (unpaired) electrons. The molecule has 0 atom stereocenters. The summed E-state index contributed by atoms with van der Waals surface area (Å²) in [6.07, 6.45) is 0. The van der Waals surface area contributed by atoms with E-state index in [0.29, 0.717) is 0 Å². The number of morpholine rings is 1. The highest BCUT2D eigenvalue weighted by atomic mass is 32.1. The van der Waals surface area contributed by atoms with E-state index in [9.17, 15) is 0 Å². The van der Waals surface area contributed by atoms with Crippen molar-refractivity contribution < 1.29 is 4.74 Å². The third-order valence-electron chi connectivity index (χ3n) is 1.33. The van der Waals surface area contributed by atoms with Crippen LogP contribution in [0.5, 0.6) is 0 Å². The number of thiocarbonyl (C=S) groups is 1. The monoisotopic (exact) mass is 160 g/mol. The van der Waals surface area contributed by atoms with Gasteiger partial charge in [0.15, 0.2) is 0 Å². The van der Waals surface area contributed by atoms with Crippen LogP contribution in [0.1, 0.15) is 6.92 Å². The zero-order valence-corrected chi connectivity index (χ0v) is 6.91. The van der Waals surface area contributed by atoms with E-state index in [-0.39, 0.29) is 0 Å². The van der Waals surface area contributed by atoms with Crippen LogP contribution in [0.3, 0.4) is 0 Å². The van der Waals surface area contributed by atoms with E-state index in [2.05, 4.69) is 10.4 Å². The second-order valence-electron chi connectivity index (χ2n) is 2.27. The number of hydrazine groups is 1. The van der Waals surface area contributed by atoms with Crippen LogP contribution < -0.4 is 5.43 Å². The molecular formula is C6H12N2OS. The van der Waals surface area contributed by atoms with Crippen LogP contribution in [-0.4, -0.2) is 36.3 Å². The highest BCUT2D eigenvalue weighted by Gasteiger charge is 2.08. The Morgan fingerprint density at radius 1 is 1.50 bits per heavy atom. The summed E-state index contributed by atoms with van der Waals surface area (Å²) >= 11 is 4.88. The largest absolute Gasteiger partial charge is 0.379 e. The molecule has 0 amide bonds. The van der Waals surface area contributed by atoms with Gasteiger partial charge >= 0.3 is 0 Å². The Bertz CT molecular complexity index is 123. The summed E-state index contributed by atoms with van der Waals surface area (Å²) in [5, 5.41) is 2.08. The van der Waals surface area contributed by atoms with Crippen molar-refractivity contribution in [3.63, 3.8) is 0 Å². The van der Waals surface area contributed by atoms with Crippen LogP contribution in [-0.2, 0) is 4.74 Å². The summed E-state index contributed by atoms with van der Waals surface area (Å²) in [6.45, 7) is 5.33. The van der Waals surface area contributed by atoms with Crippen molar-refractivity contribution in [2.24, 2.45) is 0 Å². The molecule has 3 nitrogen and oxygen atoms in total. The fourth-order valence-corrected chi connectivity index (χ4v) is 1.03. The van der Waals surface area contributed by atoms with E-state index in [1.807, 2.05) is 6.92 Å². The fourth-order valence-electron chi connectivity index (χ4n) is 0.898. The molecule has 1 aliphatic heterocycles. The van der Waals surface area contributed by atoms with Crippen molar-refractivity contribution in [1.82, 2.24) is 10.4 Å². The lowest BCUT2D eigenvalue weighted by Crippen LogP contribution is -2.47. The summed E-state index contributed by atoms with van der Waals surface area (Å²) in [4.78, 5) is 0.821. The first-order chi connectivity index (χ1) is 4.79. The summed E-state index contributed by atoms with van der Waals surface area (Å²) in [5.41, 5.74) is 3.07. The molecule has 0 unspecified atom stereocenters. The first-order valence-electron chi connectivity index (χ1n) is 3.39. The van der Waals surface area contributed by atoms with E-state index in [4.69, 9.17) is 17.0 Å². The number of ether oxygens (including phenoxy) is 1. The Labute approximate surface area is 66.3 Å². The van der Waals surface area contributed by atoms with Gasteiger partial charge in [0.1, 0.15) is 0 Å². The molecule has 1 N–H and O–H groups in total. The minimum Gasteiger partial charge on any atom is -0.379 e. The lowest BCUT2D eigenvalue weighted by atomic mass is 10.5. The van der Waals surface area contributed by atoms with E-state index in [0.717, 1.165) is 31.3 Å². The van der Waals surface area contributed by atoms with E-state index >= 15 is 0 Å². The molecule has 4 heteroatoms. The van der Waals surface area contributed by atoms with Crippen molar-refractivity contribution >= 4 is 17.2 Å². The Kier molecular flexibility index (Phi) is 3.05. The van der Waals surface area contributed by atoms with E-state index in [1.165, 1.54) is 0 Å². The molecular weight excluding hydrogens is 148 g/mol. The fraction of sp³-hybridized carbons (Fsp3) is 0.833. The van der Waals surface area contributed by atoms with Gasteiger partial charge in [-0.2, -0.15) is 0 Å². The van der Waals surface area contributed by atoms with Gasteiger partial charge in [-0.3, -0.25) is 0 Å². The molecule has 0 spiro atoms. The van der Waals surface area contributed by atoms with E-state index < -0.39 is 0 Å². The van der Waals surface area contributed by atoms with Gasteiger partial charge in [0.25, 0.3) is 0 Å². The smallest absolute Gasteiger partial charge is 0.0865 e. The predicted molar refractivity (Wildman–Crippen MR) is 43.8 cm³/mol. The van der Waals surface area contributed by atoms with Crippen LogP contribution >= 0.6 is 12.2 Å². The normalized spacial score (nSPS) is 20.5. The molecule has 0 saturated carbocycles. The molecule has 1 fully saturated rings. The minimum atomic E-state index is 0.801. The maximum atomic E-state index is 5.16. The molecule has 0 bridgehead atoms. The highest BCUT2D eigenvalue weighted by Crippen LogP contribution is 1.91. The van der Waals surface area contributed by atoms with Crippen LogP contribution in [0, 0.1) is 0 Å². The summed E-state index contributed by atoms with van der Waals surface area (Å²) < 4.78 is 5.16. The van der Waals surface area contributed by atoms with Gasteiger partial charge in [-0.1, -0.05) is 12.2 Å². The molecule has 0 aromatic rings. The minimum absolute atomic E-state index is 0.801. The van der Waals surface area contributed by atoms with Crippen LogP contribution in [0.25, 0.3) is 0 Å². The second kappa shape index (κ2) is 3.85. The Morgan fingerprint density at radius 3 is 2.60 bits per heavy atom. The maximum absolute atomic E-state index is 5.16. The third kappa shape index (κ3) is 2.60. The third-order valence-corrected chi connectivity index (χ3v) is 1.42. The molecule has 58 valence electrons. The van der Waals surface area contributed by atoms with Crippen molar-refractivity contribution in [2.45, 2.75) is 6.92 Å². The van der Waals surface area contributed by atoms with Gasteiger partial charge in [0, 0.05) is 13.1 Å². The van der Waals surface area contributed by atoms with E-state index in [1.54, 1.807) is 0 Å². The number of nitrogens with one attached hydrogen (secondary N) is 1. The molecule has 1 heterocycles. The van der Waals surface area contributed by atoms with Crippen LogP contribution in [0.2, 0.25) is 0 Å². The molecule has 10 heavy (non-hydrogen) atoms. The zero-order chi connectivity index (χ0) is 7.40. The second-order valence-corrected chi connectivity index (χ2v) is 2.88. The van der Waals surface area contributed by atoms with Gasteiger partial charge < -0.3 is 10.2 Å². The van der Waals surface area contributed by atoms with Gasteiger partial charge in [-0.25, -0.2) is 5.01 Å². The zero-order valence-electron chi connectivity index (χ0n) is 6.09. The van der Waals surface area contributed by atoms with Crippen molar-refractivity contribution in [2.75, 3.05) is 26.3 Å². The van der Waals surface area contributed by atoms with Crippen molar-refractivity contribution in [1.29, 1.82) is 0 Å². The Balaban J connectivity index is 2.19. The topological polar surface area (TPSA) is 24.5 Å². The van der Waals surface area contributed by atoms with Crippen molar-refractivity contribution in [3.05, 3.63) is 0 Å². The highest BCUT2D eigenvalue weighted by molar-refractivity contribution is 7.80. The number of nitrogens with zero attached hydrogens (tertiary/aromatic N) is 1. The molecule has 0 aliphatic carbocycles. The van der Waals surface area contributed by atoms with Gasteiger partial charge in [-0.15, -0.1) is 0 Å². The number of hydrogen-bond acceptors (Lipinski definition) is 3. The van der Waals surface area contributed by atoms with Crippen LogP contribution in [0.15, 0.2) is 0 Å². The molecule has 1 rings (SSSR count).